The fourth-order valence-corrected chi connectivity index (χ4v) is 3.78. The molecule has 0 saturated heterocycles. The van der Waals surface area contributed by atoms with E-state index in [1.54, 1.807) is 0 Å². The smallest absolute Gasteiger partial charge is 0.262 e. The summed E-state index contributed by atoms with van der Waals surface area (Å²) in [4.78, 5) is 17.0. The summed E-state index contributed by atoms with van der Waals surface area (Å²) in [5.74, 6) is 1.44. The molecule has 0 spiro atoms. The fourth-order valence-electron chi connectivity index (χ4n) is 3.78. The summed E-state index contributed by atoms with van der Waals surface area (Å²) in [5, 5.41) is 2.88. The molecule has 0 radical (unpaired) electrons. The van der Waals surface area contributed by atoms with Gasteiger partial charge in [-0.15, -0.1) is 0 Å². The topological polar surface area (TPSA) is 64.4 Å². The quantitative estimate of drug-likeness (QED) is 0.378. The fraction of sp³-hybridized carbons (Fsp3) is 0.259. The Morgan fingerprint density at radius 2 is 1.75 bits per heavy atom. The number of anilines is 1. The van der Waals surface area contributed by atoms with Gasteiger partial charge in [0.1, 0.15) is 11.3 Å². The number of fused-ring (bicyclic) bond motifs is 1. The third-order valence-corrected chi connectivity index (χ3v) is 5.39. The van der Waals surface area contributed by atoms with Crippen LogP contribution in [0.25, 0.3) is 22.6 Å². The Kier molecular flexibility index (Phi) is 5.99. The van der Waals surface area contributed by atoms with Crippen molar-refractivity contribution in [1.29, 1.82) is 0 Å². The lowest BCUT2D eigenvalue weighted by Crippen LogP contribution is -2.20. The number of ether oxygens (including phenoxy) is 1. The van der Waals surface area contributed by atoms with E-state index in [-0.39, 0.29) is 12.5 Å². The Bertz CT molecular complexity index is 1270. The summed E-state index contributed by atoms with van der Waals surface area (Å²) >= 11 is 0. The first-order valence-corrected chi connectivity index (χ1v) is 10.8. The van der Waals surface area contributed by atoms with Crippen LogP contribution in [0, 0.1) is 20.8 Å². The van der Waals surface area contributed by atoms with E-state index in [9.17, 15) is 4.79 Å². The first-order chi connectivity index (χ1) is 15.3. The average Bonchev–Trinajstić information content (AvgIpc) is 3.17. The summed E-state index contributed by atoms with van der Waals surface area (Å²) < 4.78 is 11.8. The van der Waals surface area contributed by atoms with E-state index < -0.39 is 0 Å². The monoisotopic (exact) mass is 428 g/mol. The second-order valence-electron chi connectivity index (χ2n) is 8.56. The predicted octanol–water partition coefficient (Wildman–Crippen LogP) is 6.56. The van der Waals surface area contributed by atoms with Gasteiger partial charge in [0.25, 0.3) is 5.91 Å². The van der Waals surface area contributed by atoms with Crippen molar-refractivity contribution < 1.29 is 13.9 Å². The zero-order valence-electron chi connectivity index (χ0n) is 19.2. The summed E-state index contributed by atoms with van der Waals surface area (Å²) in [6.07, 6.45) is 0. The predicted molar refractivity (Wildman–Crippen MR) is 128 cm³/mol. The van der Waals surface area contributed by atoms with Crippen LogP contribution in [0.5, 0.6) is 5.75 Å². The number of rotatable bonds is 6. The highest BCUT2D eigenvalue weighted by atomic mass is 16.5. The van der Waals surface area contributed by atoms with Crippen LogP contribution in [0.15, 0.2) is 59.0 Å². The van der Waals surface area contributed by atoms with Gasteiger partial charge in [-0.1, -0.05) is 32.0 Å². The van der Waals surface area contributed by atoms with E-state index in [2.05, 4.69) is 42.3 Å². The van der Waals surface area contributed by atoms with Crippen LogP contribution in [0.1, 0.15) is 42.0 Å². The highest BCUT2D eigenvalue weighted by Crippen LogP contribution is 2.29. The Labute approximate surface area is 188 Å². The van der Waals surface area contributed by atoms with Crippen molar-refractivity contribution in [3.8, 4) is 17.2 Å². The van der Waals surface area contributed by atoms with E-state index in [1.807, 2.05) is 57.2 Å². The number of benzene rings is 3. The van der Waals surface area contributed by atoms with Crippen LogP contribution in [0.2, 0.25) is 0 Å². The van der Waals surface area contributed by atoms with E-state index >= 15 is 0 Å². The SMILES string of the molecule is Cc1ccc(C(C)C)c(OCC(=O)Nc2ccc(-c3nc4cc(C)cc(C)c4o3)cc2)c1. The maximum absolute atomic E-state index is 12.4. The van der Waals surface area contributed by atoms with Gasteiger partial charge in [-0.2, -0.15) is 0 Å². The van der Waals surface area contributed by atoms with Gasteiger partial charge in [-0.3, -0.25) is 4.79 Å². The number of amides is 1. The van der Waals surface area contributed by atoms with E-state index in [4.69, 9.17) is 9.15 Å². The maximum atomic E-state index is 12.4. The summed E-state index contributed by atoms with van der Waals surface area (Å²) in [6, 6.07) is 17.6. The molecular weight excluding hydrogens is 400 g/mol. The van der Waals surface area contributed by atoms with E-state index in [0.29, 0.717) is 17.5 Å². The first kappa shape index (κ1) is 21.6. The molecule has 32 heavy (non-hydrogen) atoms. The third kappa shape index (κ3) is 4.67. The van der Waals surface area contributed by atoms with Gasteiger partial charge in [-0.05, 0) is 85.3 Å². The average molecular weight is 429 g/mol. The van der Waals surface area contributed by atoms with Gasteiger partial charge in [0, 0.05) is 11.3 Å². The van der Waals surface area contributed by atoms with Gasteiger partial charge in [0.15, 0.2) is 12.2 Å². The van der Waals surface area contributed by atoms with Crippen LogP contribution < -0.4 is 10.1 Å². The van der Waals surface area contributed by atoms with Gasteiger partial charge in [0.05, 0.1) is 0 Å². The van der Waals surface area contributed by atoms with Crippen molar-refractivity contribution in [2.45, 2.75) is 40.5 Å². The normalized spacial score (nSPS) is 11.2. The van der Waals surface area contributed by atoms with Gasteiger partial charge < -0.3 is 14.5 Å². The second-order valence-corrected chi connectivity index (χ2v) is 8.56. The lowest BCUT2D eigenvalue weighted by atomic mass is 10.0. The van der Waals surface area contributed by atoms with Crippen molar-refractivity contribution in [3.05, 3.63) is 76.9 Å². The summed E-state index contributed by atoms with van der Waals surface area (Å²) in [7, 11) is 0. The van der Waals surface area contributed by atoms with Crippen molar-refractivity contribution in [2.75, 3.05) is 11.9 Å². The van der Waals surface area contributed by atoms with Crippen LogP contribution in [0.3, 0.4) is 0 Å². The number of carbonyl (C=O) groups excluding carboxylic acids is 1. The van der Waals surface area contributed by atoms with Crippen molar-refractivity contribution in [3.63, 3.8) is 0 Å². The Balaban J connectivity index is 1.43. The van der Waals surface area contributed by atoms with Crippen LogP contribution in [-0.2, 0) is 4.79 Å². The summed E-state index contributed by atoms with van der Waals surface area (Å²) in [5.41, 5.74) is 7.62. The molecule has 4 rings (SSSR count). The Morgan fingerprint density at radius 1 is 1.00 bits per heavy atom. The van der Waals surface area contributed by atoms with Crippen LogP contribution in [-0.4, -0.2) is 17.5 Å². The van der Waals surface area contributed by atoms with Crippen LogP contribution >= 0.6 is 0 Å². The molecule has 0 fully saturated rings. The highest BCUT2D eigenvalue weighted by Gasteiger charge is 2.13. The molecule has 1 amide bonds. The minimum absolute atomic E-state index is 0.0469. The number of hydrogen-bond donors (Lipinski definition) is 1. The molecule has 5 nitrogen and oxygen atoms in total. The van der Waals surface area contributed by atoms with Crippen molar-refractivity contribution in [2.24, 2.45) is 0 Å². The van der Waals surface area contributed by atoms with E-state index in [1.165, 1.54) is 0 Å². The lowest BCUT2D eigenvalue weighted by molar-refractivity contribution is -0.118. The molecule has 4 aromatic rings. The van der Waals surface area contributed by atoms with Gasteiger partial charge in [0.2, 0.25) is 5.89 Å². The molecule has 3 aromatic carbocycles. The number of nitrogens with zero attached hydrogens (tertiary/aromatic N) is 1. The molecule has 0 aliphatic rings. The van der Waals surface area contributed by atoms with Crippen molar-refractivity contribution >= 4 is 22.7 Å². The number of aryl methyl sites for hydroxylation is 3. The van der Waals surface area contributed by atoms with Gasteiger partial charge >= 0.3 is 0 Å². The number of oxazole rings is 1. The molecule has 1 N–H and O–H groups in total. The van der Waals surface area contributed by atoms with Crippen molar-refractivity contribution in [1.82, 2.24) is 4.98 Å². The first-order valence-electron chi connectivity index (χ1n) is 10.8. The molecule has 0 aliphatic carbocycles. The zero-order chi connectivity index (χ0) is 22.8. The number of hydrogen-bond acceptors (Lipinski definition) is 4. The number of carbonyl (C=O) groups is 1. The molecular formula is C27H28N2O3. The Hall–Kier alpha value is -3.60. The lowest BCUT2D eigenvalue weighted by Gasteiger charge is -2.15. The largest absolute Gasteiger partial charge is 0.483 e. The third-order valence-electron chi connectivity index (χ3n) is 5.39. The number of aromatic nitrogens is 1. The van der Waals surface area contributed by atoms with E-state index in [0.717, 1.165) is 44.7 Å². The minimum Gasteiger partial charge on any atom is -0.483 e. The molecule has 0 atom stereocenters. The van der Waals surface area contributed by atoms with Gasteiger partial charge in [-0.25, -0.2) is 4.98 Å². The minimum atomic E-state index is -0.207. The molecule has 0 unspecified atom stereocenters. The van der Waals surface area contributed by atoms with Crippen LogP contribution in [0.4, 0.5) is 5.69 Å². The molecule has 164 valence electrons. The second kappa shape index (κ2) is 8.87. The molecule has 1 aromatic heterocycles. The highest BCUT2D eigenvalue weighted by molar-refractivity contribution is 5.92. The molecule has 0 aliphatic heterocycles. The molecule has 0 saturated carbocycles. The standard InChI is InChI=1S/C27H28N2O3/c1-16(2)22-11-6-17(3)14-24(22)31-15-25(30)28-21-9-7-20(8-10-21)27-29-23-13-18(4)12-19(5)26(23)32-27/h6-14,16H,15H2,1-5H3,(H,28,30). The Morgan fingerprint density at radius 3 is 2.47 bits per heavy atom. The summed E-state index contributed by atoms with van der Waals surface area (Å²) in [6.45, 7) is 10.3. The number of nitrogens with one attached hydrogen (secondary N) is 1. The zero-order valence-corrected chi connectivity index (χ0v) is 19.2. The molecule has 5 heteroatoms. The molecule has 1 heterocycles. The molecule has 0 bridgehead atoms. The maximum Gasteiger partial charge on any atom is 0.262 e.